The highest BCUT2D eigenvalue weighted by Crippen LogP contribution is 2.33. The van der Waals surface area contributed by atoms with Gasteiger partial charge >= 0.3 is 0 Å². The Morgan fingerprint density at radius 1 is 0.931 bits per heavy atom. The molecule has 29 heavy (non-hydrogen) atoms. The molecule has 0 atom stereocenters. The minimum Gasteiger partial charge on any atom is -0.507 e. The van der Waals surface area contributed by atoms with E-state index in [0.717, 1.165) is 33.6 Å². The number of benzene rings is 2. The summed E-state index contributed by atoms with van der Waals surface area (Å²) < 4.78 is 3.87. The number of aryl methyl sites for hydroxylation is 3. The highest BCUT2D eigenvalue weighted by Gasteiger charge is 2.20. The van der Waals surface area contributed by atoms with Crippen LogP contribution in [0, 0.1) is 27.7 Å². The van der Waals surface area contributed by atoms with Crippen LogP contribution in [0.5, 0.6) is 5.75 Å². The zero-order chi connectivity index (χ0) is 20.3. The monoisotopic (exact) mass is 383 g/mol. The third kappa shape index (κ3) is 2.52. The second kappa shape index (κ2) is 6.17. The van der Waals surface area contributed by atoms with Crippen LogP contribution in [0.3, 0.4) is 0 Å². The van der Waals surface area contributed by atoms with Crippen LogP contribution in [-0.2, 0) is 0 Å². The summed E-state index contributed by atoms with van der Waals surface area (Å²) in [7, 11) is 0. The number of phenols is 1. The van der Waals surface area contributed by atoms with E-state index in [1.807, 2.05) is 12.1 Å². The molecule has 5 rings (SSSR count). The molecule has 0 amide bonds. The second-order valence-corrected chi connectivity index (χ2v) is 7.50. The van der Waals surface area contributed by atoms with Gasteiger partial charge in [0.25, 0.3) is 0 Å². The Morgan fingerprint density at radius 2 is 1.72 bits per heavy atom. The second-order valence-electron chi connectivity index (χ2n) is 7.50. The van der Waals surface area contributed by atoms with Gasteiger partial charge in [0.2, 0.25) is 0 Å². The molecule has 0 bridgehead atoms. The van der Waals surface area contributed by atoms with Crippen molar-refractivity contribution < 1.29 is 5.11 Å². The van der Waals surface area contributed by atoms with E-state index in [9.17, 15) is 5.11 Å². The van der Waals surface area contributed by atoms with Crippen molar-refractivity contribution in [3.63, 3.8) is 0 Å². The lowest BCUT2D eigenvalue weighted by molar-refractivity contribution is 0.477. The van der Waals surface area contributed by atoms with E-state index in [4.69, 9.17) is 9.97 Å². The van der Waals surface area contributed by atoms with Crippen LogP contribution in [0.25, 0.3) is 33.8 Å². The number of aromatic nitrogens is 5. The van der Waals surface area contributed by atoms with E-state index in [0.29, 0.717) is 11.4 Å². The first-order valence-corrected chi connectivity index (χ1v) is 9.54. The molecule has 0 radical (unpaired) electrons. The van der Waals surface area contributed by atoms with E-state index < -0.39 is 0 Å². The molecule has 3 heterocycles. The molecule has 0 fully saturated rings. The van der Waals surface area contributed by atoms with Crippen LogP contribution in [0.1, 0.15) is 22.4 Å². The predicted molar refractivity (Wildman–Crippen MR) is 114 cm³/mol. The average Bonchev–Trinajstić information content (AvgIpc) is 3.22. The first kappa shape index (κ1) is 17.4. The fraction of sp³-hybridized carbons (Fsp3) is 0.174. The molecule has 5 aromatic rings. The molecule has 0 aliphatic carbocycles. The Bertz CT molecular complexity index is 1410. The van der Waals surface area contributed by atoms with E-state index in [1.54, 1.807) is 23.0 Å². The predicted octanol–water partition coefficient (Wildman–Crippen LogP) is 4.67. The van der Waals surface area contributed by atoms with E-state index in [1.165, 1.54) is 11.1 Å². The Kier molecular flexibility index (Phi) is 3.71. The molecule has 6 nitrogen and oxygen atoms in total. The zero-order valence-corrected chi connectivity index (χ0v) is 16.8. The number of para-hydroxylation sites is 1. The summed E-state index contributed by atoms with van der Waals surface area (Å²) in [6, 6.07) is 13.5. The summed E-state index contributed by atoms with van der Waals surface area (Å²) in [5, 5.41) is 15.7. The molecular weight excluding hydrogens is 362 g/mol. The van der Waals surface area contributed by atoms with Crippen molar-refractivity contribution >= 4 is 16.7 Å². The summed E-state index contributed by atoms with van der Waals surface area (Å²) in [4.78, 5) is 9.48. The molecule has 0 spiro atoms. The lowest BCUT2D eigenvalue weighted by Gasteiger charge is -2.12. The molecule has 0 saturated carbocycles. The Balaban J connectivity index is 1.82. The number of phenolic OH excluding ortho intramolecular Hbond substituents is 1. The summed E-state index contributed by atoms with van der Waals surface area (Å²) >= 11 is 0. The molecule has 1 N–H and O–H groups in total. The Hall–Kier alpha value is -3.67. The van der Waals surface area contributed by atoms with Crippen LogP contribution < -0.4 is 0 Å². The summed E-state index contributed by atoms with van der Waals surface area (Å²) in [5.41, 5.74) is 7.98. The lowest BCUT2D eigenvalue weighted by atomic mass is 10.1. The van der Waals surface area contributed by atoms with E-state index in [2.05, 4.69) is 55.6 Å². The van der Waals surface area contributed by atoms with Crippen molar-refractivity contribution in [1.82, 2.24) is 24.1 Å². The maximum absolute atomic E-state index is 10.2. The number of fused-ring (bicyclic) bond motifs is 3. The van der Waals surface area contributed by atoms with Crippen molar-refractivity contribution in [2.45, 2.75) is 27.7 Å². The zero-order valence-electron chi connectivity index (χ0n) is 16.8. The minimum absolute atomic E-state index is 0.161. The quantitative estimate of drug-likeness (QED) is 0.481. The van der Waals surface area contributed by atoms with Crippen molar-refractivity contribution in [2.24, 2.45) is 0 Å². The fourth-order valence-corrected chi connectivity index (χ4v) is 3.99. The van der Waals surface area contributed by atoms with Crippen molar-refractivity contribution in [3.8, 4) is 22.8 Å². The fourth-order valence-electron chi connectivity index (χ4n) is 3.99. The molecule has 0 aliphatic heterocycles. The third-order valence-electron chi connectivity index (χ3n) is 5.57. The number of nitrogens with zero attached hydrogens (tertiary/aromatic N) is 5. The van der Waals surface area contributed by atoms with Gasteiger partial charge in [-0.25, -0.2) is 14.5 Å². The maximum atomic E-state index is 10.2. The number of hydrogen-bond acceptors (Lipinski definition) is 4. The van der Waals surface area contributed by atoms with Gasteiger partial charge in [0, 0.05) is 5.69 Å². The summed E-state index contributed by atoms with van der Waals surface area (Å²) in [6.45, 7) is 8.41. The highest BCUT2D eigenvalue weighted by molar-refractivity contribution is 5.95. The van der Waals surface area contributed by atoms with Gasteiger partial charge < -0.3 is 5.11 Å². The van der Waals surface area contributed by atoms with E-state index in [-0.39, 0.29) is 5.75 Å². The Labute approximate surface area is 168 Å². The SMILES string of the molecule is Cc1ccc(-n2c(C)c(C)c3c2ncn2nc(-c4ccccc4O)nc32)c(C)c1. The maximum Gasteiger partial charge on any atom is 0.185 e. The lowest BCUT2D eigenvalue weighted by Crippen LogP contribution is -2.01. The molecule has 2 aromatic carbocycles. The molecular formula is C23H21N5O. The number of aromatic hydroxyl groups is 1. The van der Waals surface area contributed by atoms with Gasteiger partial charge in [0.1, 0.15) is 12.1 Å². The van der Waals surface area contributed by atoms with Gasteiger partial charge in [0.05, 0.1) is 16.6 Å². The summed E-state index contributed by atoms with van der Waals surface area (Å²) in [6.07, 6.45) is 1.69. The summed E-state index contributed by atoms with van der Waals surface area (Å²) in [5.74, 6) is 0.641. The molecule has 0 aliphatic rings. The smallest absolute Gasteiger partial charge is 0.185 e. The molecule has 0 saturated heterocycles. The largest absolute Gasteiger partial charge is 0.507 e. The van der Waals surface area contributed by atoms with E-state index >= 15 is 0 Å². The van der Waals surface area contributed by atoms with Crippen LogP contribution in [0.2, 0.25) is 0 Å². The van der Waals surface area contributed by atoms with Gasteiger partial charge in [0.15, 0.2) is 17.1 Å². The topological polar surface area (TPSA) is 68.2 Å². The van der Waals surface area contributed by atoms with Crippen LogP contribution in [0.15, 0.2) is 48.8 Å². The van der Waals surface area contributed by atoms with Crippen LogP contribution >= 0.6 is 0 Å². The van der Waals surface area contributed by atoms with Gasteiger partial charge in [-0.2, -0.15) is 0 Å². The number of hydrogen-bond donors (Lipinski definition) is 1. The average molecular weight is 383 g/mol. The van der Waals surface area contributed by atoms with Crippen molar-refractivity contribution in [2.75, 3.05) is 0 Å². The van der Waals surface area contributed by atoms with Crippen LogP contribution in [0.4, 0.5) is 0 Å². The van der Waals surface area contributed by atoms with Crippen LogP contribution in [-0.4, -0.2) is 29.3 Å². The Morgan fingerprint density at radius 3 is 2.48 bits per heavy atom. The van der Waals surface area contributed by atoms with Gasteiger partial charge in [-0.15, -0.1) is 5.10 Å². The molecule has 3 aromatic heterocycles. The molecule has 144 valence electrons. The molecule has 0 unspecified atom stereocenters. The first-order valence-electron chi connectivity index (χ1n) is 9.54. The normalized spacial score (nSPS) is 11.6. The molecule has 6 heteroatoms. The van der Waals surface area contributed by atoms with Crippen molar-refractivity contribution in [1.29, 1.82) is 0 Å². The minimum atomic E-state index is 0.161. The third-order valence-corrected chi connectivity index (χ3v) is 5.57. The van der Waals surface area contributed by atoms with Gasteiger partial charge in [-0.3, -0.25) is 4.57 Å². The standard InChI is InChI=1S/C23H21N5O/c1-13-9-10-18(14(2)11-13)28-16(4)15(3)20-22(28)24-12-27-23(20)25-21(26-27)17-7-5-6-8-19(17)29/h5-12,29H,1-4H3. The van der Waals surface area contributed by atoms with Gasteiger partial charge in [-0.05, 0) is 57.0 Å². The number of rotatable bonds is 2. The van der Waals surface area contributed by atoms with Gasteiger partial charge in [-0.1, -0.05) is 29.8 Å². The first-order chi connectivity index (χ1) is 14.0. The van der Waals surface area contributed by atoms with Crippen molar-refractivity contribution in [3.05, 3.63) is 71.2 Å². The highest BCUT2D eigenvalue weighted by atomic mass is 16.3.